The molecule has 1 fully saturated rings. The van der Waals surface area contributed by atoms with Crippen LogP contribution in [0.25, 0.3) is 16.8 Å². The van der Waals surface area contributed by atoms with Crippen molar-refractivity contribution in [1.82, 2.24) is 39.5 Å². The van der Waals surface area contributed by atoms with Gasteiger partial charge in [0, 0.05) is 60.9 Å². The van der Waals surface area contributed by atoms with E-state index in [0.29, 0.717) is 17.5 Å². The highest BCUT2D eigenvalue weighted by Gasteiger charge is 2.58. The van der Waals surface area contributed by atoms with Gasteiger partial charge in [0.2, 0.25) is 0 Å². The van der Waals surface area contributed by atoms with E-state index in [1.54, 1.807) is 15.6 Å². The molecule has 0 aliphatic carbocycles. The summed E-state index contributed by atoms with van der Waals surface area (Å²) >= 11 is 0. The molecule has 3 aromatic carbocycles. The summed E-state index contributed by atoms with van der Waals surface area (Å²) in [5, 5.41) is 26.2. The maximum atomic E-state index is 16.2. The SMILES string of the molecule is CC[C@@H](C(C)C)n1ncn(-c2ccc(N3CCN(c4ccc(-c5ccc(C(F)(F)[C@](O)(Cn6cnnn6)c6ccc(F)cc6F)nc5)cc4)CC3)cc2)c1=O. The molecular weight excluding hydrogens is 716 g/mol. The average Bonchev–Trinajstić information content (AvgIpc) is 3.84. The van der Waals surface area contributed by atoms with Crippen LogP contribution in [0.4, 0.5) is 28.9 Å². The van der Waals surface area contributed by atoms with Crippen LogP contribution in [-0.2, 0) is 18.1 Å². The molecule has 0 saturated carbocycles. The average molecular weight is 757 g/mol. The second-order valence-corrected chi connectivity index (χ2v) is 14.0. The smallest absolute Gasteiger partial charge is 0.350 e. The number of nitrogens with zero attached hydrogens (tertiary/aromatic N) is 10. The van der Waals surface area contributed by atoms with Crippen LogP contribution in [-0.4, -0.2) is 70.8 Å². The summed E-state index contributed by atoms with van der Waals surface area (Å²) in [7, 11) is 0. The number of anilines is 2. The summed E-state index contributed by atoms with van der Waals surface area (Å²) in [5.74, 6) is -6.20. The van der Waals surface area contributed by atoms with Gasteiger partial charge in [-0.15, -0.1) is 5.10 Å². The zero-order valence-corrected chi connectivity index (χ0v) is 30.5. The van der Waals surface area contributed by atoms with Gasteiger partial charge in [-0.1, -0.05) is 39.0 Å². The number of benzene rings is 3. The summed E-state index contributed by atoms with van der Waals surface area (Å²) in [6.45, 7) is 8.42. The van der Waals surface area contributed by atoms with Gasteiger partial charge in [-0.2, -0.15) is 13.9 Å². The van der Waals surface area contributed by atoms with Gasteiger partial charge >= 0.3 is 11.6 Å². The summed E-state index contributed by atoms with van der Waals surface area (Å²) in [4.78, 5) is 21.7. The number of alkyl halides is 2. The van der Waals surface area contributed by atoms with Crippen LogP contribution in [0.2, 0.25) is 0 Å². The van der Waals surface area contributed by atoms with Crippen molar-refractivity contribution in [3.63, 3.8) is 0 Å². The van der Waals surface area contributed by atoms with Crippen LogP contribution in [0.3, 0.4) is 0 Å². The molecule has 0 spiro atoms. The fourth-order valence-corrected chi connectivity index (χ4v) is 7.19. The third-order valence-electron chi connectivity index (χ3n) is 10.3. The normalized spacial score (nSPS) is 15.4. The number of rotatable bonds is 12. The Balaban J connectivity index is 1.00. The first-order chi connectivity index (χ1) is 26.4. The minimum absolute atomic E-state index is 0.0418. The predicted octanol–water partition coefficient (Wildman–Crippen LogP) is 5.97. The lowest BCUT2D eigenvalue weighted by Crippen LogP contribution is -2.48. The zero-order chi connectivity index (χ0) is 38.9. The van der Waals surface area contributed by atoms with E-state index in [-0.39, 0.29) is 11.7 Å². The van der Waals surface area contributed by atoms with E-state index in [9.17, 15) is 18.7 Å². The van der Waals surface area contributed by atoms with Crippen LogP contribution in [0, 0.1) is 17.6 Å². The fraction of sp³-hybridized carbons (Fsp3) is 0.333. The highest BCUT2D eigenvalue weighted by atomic mass is 19.3. The Morgan fingerprint density at radius 1 is 0.818 bits per heavy atom. The largest absolute Gasteiger partial charge is 0.377 e. The second kappa shape index (κ2) is 15.1. The molecule has 0 radical (unpaired) electrons. The van der Waals surface area contributed by atoms with E-state index in [4.69, 9.17) is 0 Å². The van der Waals surface area contributed by atoms with E-state index in [0.717, 1.165) is 84.4 Å². The molecule has 55 heavy (non-hydrogen) atoms. The molecule has 16 heteroatoms. The molecule has 7 rings (SSSR count). The van der Waals surface area contributed by atoms with Crippen molar-refractivity contribution in [3.05, 3.63) is 131 Å². The summed E-state index contributed by atoms with van der Waals surface area (Å²) in [6, 6.07) is 20.2. The lowest BCUT2D eigenvalue weighted by Gasteiger charge is -2.37. The summed E-state index contributed by atoms with van der Waals surface area (Å²) < 4.78 is 64.9. The Kier molecular flexibility index (Phi) is 10.3. The standard InChI is InChI=1S/C39H40F4N10O2/c1-4-35(26(2)3)53-37(54)52(25-46-53)32-13-11-31(12-14-32)50-19-17-49(18-20-50)30-9-5-27(6-10-30)28-7-16-36(44-22-28)39(42,43)38(55,23-51-24-45-47-48-51)33-15-8-29(40)21-34(33)41/h5-16,21-22,24-26,35,55H,4,17-20,23H2,1-3H3/t35-,38-/m0/s1. The molecule has 4 heterocycles. The number of pyridine rings is 1. The third kappa shape index (κ3) is 7.21. The Bertz CT molecular complexity index is 2270. The van der Waals surface area contributed by atoms with Crippen LogP contribution in [0.1, 0.15) is 44.5 Å². The molecule has 1 aliphatic rings. The first-order valence-corrected chi connectivity index (χ1v) is 18.0. The van der Waals surface area contributed by atoms with E-state index in [1.165, 1.54) is 12.3 Å². The van der Waals surface area contributed by atoms with Gasteiger partial charge in [-0.3, -0.25) is 4.98 Å². The number of hydrogen-bond donors (Lipinski definition) is 1. The highest BCUT2D eigenvalue weighted by Crippen LogP contribution is 2.47. The third-order valence-corrected chi connectivity index (χ3v) is 10.3. The van der Waals surface area contributed by atoms with Gasteiger partial charge in [0.25, 0.3) is 0 Å². The Hall–Kier alpha value is -5.90. The molecule has 1 N–H and O–H groups in total. The van der Waals surface area contributed by atoms with Crippen molar-refractivity contribution in [2.75, 3.05) is 36.0 Å². The number of hydrogen-bond acceptors (Lipinski definition) is 9. The minimum atomic E-state index is -4.15. The van der Waals surface area contributed by atoms with Crippen molar-refractivity contribution < 1.29 is 22.7 Å². The van der Waals surface area contributed by atoms with Crippen LogP contribution < -0.4 is 15.5 Å². The van der Waals surface area contributed by atoms with Crippen molar-refractivity contribution in [1.29, 1.82) is 0 Å². The lowest BCUT2D eigenvalue weighted by atomic mass is 9.84. The number of halogens is 4. The Morgan fingerprint density at radius 3 is 1.98 bits per heavy atom. The lowest BCUT2D eigenvalue weighted by molar-refractivity contribution is -0.207. The molecule has 286 valence electrons. The van der Waals surface area contributed by atoms with Crippen LogP contribution in [0.15, 0.2) is 103 Å². The highest BCUT2D eigenvalue weighted by molar-refractivity contribution is 5.66. The summed E-state index contributed by atoms with van der Waals surface area (Å²) in [5.41, 5.74) is -0.910. The van der Waals surface area contributed by atoms with E-state index < -0.39 is 41.0 Å². The van der Waals surface area contributed by atoms with E-state index >= 15 is 8.78 Å². The monoisotopic (exact) mass is 756 g/mol. The topological polar surface area (TPSA) is 123 Å². The number of aliphatic hydroxyl groups is 1. The van der Waals surface area contributed by atoms with Gasteiger partial charge in [-0.25, -0.2) is 27.5 Å². The van der Waals surface area contributed by atoms with Crippen molar-refractivity contribution in [3.8, 4) is 16.8 Å². The molecule has 0 bridgehead atoms. The Labute approximate surface area is 314 Å². The first-order valence-electron chi connectivity index (χ1n) is 18.0. The predicted molar refractivity (Wildman–Crippen MR) is 198 cm³/mol. The molecule has 1 saturated heterocycles. The molecule has 3 aromatic heterocycles. The molecule has 12 nitrogen and oxygen atoms in total. The molecule has 2 atom stereocenters. The van der Waals surface area contributed by atoms with Crippen molar-refractivity contribution in [2.45, 2.75) is 51.3 Å². The second-order valence-electron chi connectivity index (χ2n) is 14.0. The molecular formula is C39H40F4N10O2. The molecule has 6 aromatic rings. The van der Waals surface area contributed by atoms with E-state index in [1.807, 2.05) is 48.5 Å². The zero-order valence-electron chi connectivity index (χ0n) is 30.5. The van der Waals surface area contributed by atoms with Crippen LogP contribution in [0.5, 0.6) is 0 Å². The number of tetrazole rings is 1. The Morgan fingerprint density at radius 2 is 1.44 bits per heavy atom. The molecule has 0 unspecified atom stereocenters. The van der Waals surface area contributed by atoms with E-state index in [2.05, 4.69) is 56.2 Å². The number of aromatic nitrogens is 8. The molecule has 0 amide bonds. The minimum Gasteiger partial charge on any atom is -0.377 e. The maximum absolute atomic E-state index is 16.2. The van der Waals surface area contributed by atoms with Crippen molar-refractivity contribution in [2.24, 2.45) is 5.92 Å². The quantitative estimate of drug-likeness (QED) is 0.151. The van der Waals surface area contributed by atoms with Gasteiger partial charge in [0.05, 0.1) is 18.3 Å². The van der Waals surface area contributed by atoms with Gasteiger partial charge < -0.3 is 14.9 Å². The van der Waals surface area contributed by atoms with Crippen LogP contribution >= 0.6 is 0 Å². The first kappa shape index (κ1) is 37.4. The van der Waals surface area contributed by atoms with Gasteiger partial charge in [-0.05, 0) is 82.9 Å². The van der Waals surface area contributed by atoms with Gasteiger partial charge in [0.15, 0.2) is 5.60 Å². The fourth-order valence-electron chi connectivity index (χ4n) is 7.19. The van der Waals surface area contributed by atoms with Gasteiger partial charge in [0.1, 0.15) is 30.0 Å². The number of piperazine rings is 1. The summed E-state index contributed by atoms with van der Waals surface area (Å²) in [6.07, 6.45) is 4.67. The maximum Gasteiger partial charge on any atom is 0.350 e. The van der Waals surface area contributed by atoms with Crippen molar-refractivity contribution >= 4 is 11.4 Å². The molecule has 1 aliphatic heterocycles.